The highest BCUT2D eigenvalue weighted by Crippen LogP contribution is 2.32. The summed E-state index contributed by atoms with van der Waals surface area (Å²) >= 11 is 0. The van der Waals surface area contributed by atoms with Crippen molar-refractivity contribution in [2.75, 3.05) is 26.4 Å². The number of rotatable bonds is 7. The molecule has 0 radical (unpaired) electrons. The number of nitrogens with one attached hydrogen (secondary N) is 1. The number of nitrogens with two attached hydrogens (primary N) is 1. The highest BCUT2D eigenvalue weighted by atomic mass is 16.2. The van der Waals surface area contributed by atoms with Crippen LogP contribution < -0.4 is 11.1 Å². The van der Waals surface area contributed by atoms with Crippen molar-refractivity contribution in [2.45, 2.75) is 19.4 Å². The van der Waals surface area contributed by atoms with Gasteiger partial charge in [-0.2, -0.15) is 5.10 Å². The third kappa shape index (κ3) is 4.84. The number of nitrogens with zero attached hydrogens (tertiary/aromatic N) is 5. The van der Waals surface area contributed by atoms with Crippen LogP contribution >= 0.6 is 0 Å². The molecular weight excluding hydrogens is 442 g/mol. The lowest BCUT2D eigenvalue weighted by molar-refractivity contribution is -0.129. The first-order valence-corrected chi connectivity index (χ1v) is 11.5. The number of anilines is 1. The third-order valence-electron chi connectivity index (χ3n) is 6.22. The van der Waals surface area contributed by atoms with E-state index in [1.165, 1.54) is 17.7 Å². The van der Waals surface area contributed by atoms with E-state index < -0.39 is 0 Å². The number of likely N-dealkylation sites (N-methyl/N-ethyl adjacent to an activating group) is 1. The van der Waals surface area contributed by atoms with Gasteiger partial charge in [-0.1, -0.05) is 24.3 Å². The summed E-state index contributed by atoms with van der Waals surface area (Å²) in [4.78, 5) is 34.9. The fourth-order valence-electron chi connectivity index (χ4n) is 3.88. The zero-order chi connectivity index (χ0) is 24.5. The Balaban J connectivity index is 1.42. The van der Waals surface area contributed by atoms with Crippen LogP contribution in [-0.2, 0) is 11.3 Å². The van der Waals surface area contributed by atoms with E-state index in [2.05, 4.69) is 20.4 Å². The van der Waals surface area contributed by atoms with E-state index >= 15 is 0 Å². The SMILES string of the molecule is CN(C)C(=O)Cn1cc(-c2ccc(-c3cnc(N)c4ncc(C(=O)NCC5CC5)cc34)cc2)cn1. The van der Waals surface area contributed by atoms with Crippen molar-refractivity contribution in [1.82, 2.24) is 30.0 Å². The molecule has 9 nitrogen and oxygen atoms in total. The van der Waals surface area contributed by atoms with Crippen LogP contribution in [0.5, 0.6) is 0 Å². The van der Waals surface area contributed by atoms with Gasteiger partial charge in [0.1, 0.15) is 17.9 Å². The van der Waals surface area contributed by atoms with Crippen LogP contribution in [0.15, 0.2) is 55.1 Å². The molecule has 3 N–H and O–H groups in total. The van der Waals surface area contributed by atoms with Gasteiger partial charge in [0.25, 0.3) is 5.91 Å². The number of carbonyl (C=O) groups is 2. The minimum Gasteiger partial charge on any atom is -0.382 e. The number of amides is 2. The van der Waals surface area contributed by atoms with Gasteiger partial charge in [0.2, 0.25) is 5.91 Å². The molecule has 35 heavy (non-hydrogen) atoms. The minimum absolute atomic E-state index is 0.0214. The zero-order valence-corrected chi connectivity index (χ0v) is 19.7. The summed E-state index contributed by atoms with van der Waals surface area (Å²) in [5.41, 5.74) is 10.8. The molecule has 0 saturated heterocycles. The summed E-state index contributed by atoms with van der Waals surface area (Å²) < 4.78 is 1.63. The molecule has 0 atom stereocenters. The van der Waals surface area contributed by atoms with Gasteiger partial charge in [-0.25, -0.2) is 4.98 Å². The molecule has 3 aromatic heterocycles. The Bertz CT molecular complexity index is 1410. The van der Waals surface area contributed by atoms with Crippen LogP contribution in [0.1, 0.15) is 23.2 Å². The third-order valence-corrected chi connectivity index (χ3v) is 6.22. The molecule has 2 amide bonds. The van der Waals surface area contributed by atoms with Gasteiger partial charge in [0.15, 0.2) is 0 Å². The number of benzene rings is 1. The van der Waals surface area contributed by atoms with Crippen LogP contribution in [-0.4, -0.2) is 57.1 Å². The van der Waals surface area contributed by atoms with E-state index in [9.17, 15) is 9.59 Å². The smallest absolute Gasteiger partial charge is 0.252 e. The Morgan fingerprint density at radius 3 is 2.51 bits per heavy atom. The number of pyridine rings is 2. The fourth-order valence-corrected chi connectivity index (χ4v) is 3.88. The van der Waals surface area contributed by atoms with E-state index in [0.717, 1.165) is 27.6 Å². The van der Waals surface area contributed by atoms with Crippen LogP contribution in [0.25, 0.3) is 33.2 Å². The molecule has 3 heterocycles. The first-order chi connectivity index (χ1) is 16.9. The quantitative estimate of drug-likeness (QED) is 0.430. The van der Waals surface area contributed by atoms with Crippen molar-refractivity contribution in [2.24, 2.45) is 5.92 Å². The molecule has 1 fully saturated rings. The molecule has 0 spiro atoms. The van der Waals surface area contributed by atoms with Crippen LogP contribution in [0, 0.1) is 5.92 Å². The normalized spacial score (nSPS) is 13.1. The van der Waals surface area contributed by atoms with Crippen molar-refractivity contribution in [3.05, 3.63) is 60.7 Å². The summed E-state index contributed by atoms with van der Waals surface area (Å²) in [6.07, 6.45) is 9.21. The summed E-state index contributed by atoms with van der Waals surface area (Å²) in [5.74, 6) is 0.770. The number of carbonyl (C=O) groups excluding carboxylic acids is 2. The number of nitrogen functional groups attached to an aromatic ring is 1. The fraction of sp³-hybridized carbons (Fsp3) is 0.269. The van der Waals surface area contributed by atoms with Gasteiger partial charge < -0.3 is 16.0 Å². The molecule has 1 aromatic carbocycles. The number of hydrogen-bond acceptors (Lipinski definition) is 6. The maximum Gasteiger partial charge on any atom is 0.252 e. The molecule has 0 unspecified atom stereocenters. The second-order valence-electron chi connectivity index (χ2n) is 9.12. The van der Waals surface area contributed by atoms with Crippen molar-refractivity contribution in [1.29, 1.82) is 0 Å². The molecule has 178 valence electrons. The first-order valence-electron chi connectivity index (χ1n) is 11.5. The first kappa shape index (κ1) is 22.5. The van der Waals surface area contributed by atoms with Gasteiger partial charge in [0.05, 0.1) is 11.8 Å². The second kappa shape index (κ2) is 9.17. The molecule has 0 bridgehead atoms. The second-order valence-corrected chi connectivity index (χ2v) is 9.12. The summed E-state index contributed by atoms with van der Waals surface area (Å²) in [6.45, 7) is 0.890. The van der Waals surface area contributed by atoms with Crippen molar-refractivity contribution >= 4 is 28.5 Å². The van der Waals surface area contributed by atoms with Gasteiger partial charge >= 0.3 is 0 Å². The van der Waals surface area contributed by atoms with Crippen LogP contribution in [0.2, 0.25) is 0 Å². The Morgan fingerprint density at radius 1 is 1.06 bits per heavy atom. The predicted octanol–water partition coefficient (Wildman–Crippen LogP) is 2.97. The molecule has 1 aliphatic rings. The molecule has 5 rings (SSSR count). The van der Waals surface area contributed by atoms with Gasteiger partial charge in [-0.15, -0.1) is 0 Å². The standard InChI is InChI=1S/C26H27N7O2/c1-32(2)23(34)15-33-14-20(12-31-33)17-5-7-18(8-6-17)22-13-29-25(27)24-21(22)9-19(11-28-24)26(35)30-10-16-3-4-16/h5-9,11-14,16H,3-4,10,15H2,1-2H3,(H2,27,29)(H,30,35). The predicted molar refractivity (Wildman–Crippen MR) is 134 cm³/mol. The van der Waals surface area contributed by atoms with Crippen LogP contribution in [0.3, 0.4) is 0 Å². The molecule has 9 heteroatoms. The number of hydrogen-bond donors (Lipinski definition) is 2. The Hall–Kier alpha value is -4.27. The summed E-state index contributed by atoms with van der Waals surface area (Å²) in [6, 6.07) is 9.80. The number of aromatic nitrogens is 4. The topological polar surface area (TPSA) is 119 Å². The average Bonchev–Trinajstić information content (AvgIpc) is 3.59. The molecule has 1 saturated carbocycles. The van der Waals surface area contributed by atoms with Gasteiger partial charge in [-0.3, -0.25) is 19.3 Å². The van der Waals surface area contributed by atoms with E-state index in [1.54, 1.807) is 37.4 Å². The minimum atomic E-state index is -0.132. The highest BCUT2D eigenvalue weighted by molar-refractivity contribution is 6.03. The highest BCUT2D eigenvalue weighted by Gasteiger charge is 2.22. The Labute approximate surface area is 203 Å². The maximum atomic E-state index is 12.6. The van der Waals surface area contributed by atoms with E-state index in [1.807, 2.05) is 36.5 Å². The van der Waals surface area contributed by atoms with Crippen molar-refractivity contribution in [3.8, 4) is 22.3 Å². The van der Waals surface area contributed by atoms with Gasteiger partial charge in [0, 0.05) is 55.7 Å². The molecule has 4 aromatic rings. The average molecular weight is 470 g/mol. The van der Waals surface area contributed by atoms with Crippen LogP contribution in [0.4, 0.5) is 5.82 Å². The summed E-state index contributed by atoms with van der Waals surface area (Å²) in [7, 11) is 3.45. The molecule has 1 aliphatic carbocycles. The lowest BCUT2D eigenvalue weighted by Crippen LogP contribution is -2.26. The molecular formula is C26H27N7O2. The monoisotopic (exact) mass is 469 g/mol. The lowest BCUT2D eigenvalue weighted by atomic mass is 9.99. The number of fused-ring (bicyclic) bond motifs is 1. The van der Waals surface area contributed by atoms with Crippen molar-refractivity contribution in [3.63, 3.8) is 0 Å². The van der Waals surface area contributed by atoms with E-state index in [-0.39, 0.29) is 18.4 Å². The summed E-state index contributed by atoms with van der Waals surface area (Å²) in [5, 5.41) is 8.07. The van der Waals surface area contributed by atoms with Crippen molar-refractivity contribution < 1.29 is 9.59 Å². The molecule has 0 aliphatic heterocycles. The zero-order valence-electron chi connectivity index (χ0n) is 19.7. The largest absolute Gasteiger partial charge is 0.382 e. The van der Waals surface area contributed by atoms with E-state index in [0.29, 0.717) is 29.4 Å². The maximum absolute atomic E-state index is 12.6. The Kier molecular flexibility index (Phi) is 5.90. The van der Waals surface area contributed by atoms with E-state index in [4.69, 9.17) is 5.73 Å². The van der Waals surface area contributed by atoms with Gasteiger partial charge in [-0.05, 0) is 36.0 Å². The Morgan fingerprint density at radius 2 is 1.80 bits per heavy atom. The lowest BCUT2D eigenvalue weighted by Gasteiger charge is -2.11.